The van der Waals surface area contributed by atoms with E-state index < -0.39 is 0 Å². The summed E-state index contributed by atoms with van der Waals surface area (Å²) in [4.78, 5) is 0. The van der Waals surface area contributed by atoms with E-state index in [1.54, 1.807) is 0 Å². The van der Waals surface area contributed by atoms with Crippen molar-refractivity contribution in [3.05, 3.63) is 34.9 Å². The van der Waals surface area contributed by atoms with Crippen LogP contribution in [-0.4, -0.2) is 12.0 Å². The zero-order chi connectivity index (χ0) is 11.5. The van der Waals surface area contributed by atoms with Crippen LogP contribution in [0.4, 0.5) is 0 Å². The standard InChI is InChI=1S/C13H16Cl2O/c1-2-12(15)11-6-7-16-13(11)9-4-3-5-10(14)8-9/h3-5,8,11-13H,2,6-7H2,1H3/t11-,12?,13+/m0/s1. The fraction of sp³-hybridized carbons (Fsp3) is 0.538. The lowest BCUT2D eigenvalue weighted by Gasteiger charge is -2.22. The van der Waals surface area contributed by atoms with Crippen LogP contribution in [0.2, 0.25) is 5.02 Å². The van der Waals surface area contributed by atoms with Crippen molar-refractivity contribution < 1.29 is 4.74 Å². The van der Waals surface area contributed by atoms with E-state index in [4.69, 9.17) is 27.9 Å². The van der Waals surface area contributed by atoms with Crippen LogP contribution in [0.3, 0.4) is 0 Å². The average Bonchev–Trinajstić information content (AvgIpc) is 2.77. The van der Waals surface area contributed by atoms with Crippen molar-refractivity contribution in [2.24, 2.45) is 5.92 Å². The highest BCUT2D eigenvalue weighted by Crippen LogP contribution is 2.39. The number of hydrogen-bond acceptors (Lipinski definition) is 1. The minimum Gasteiger partial charge on any atom is -0.373 e. The third-order valence-corrected chi connectivity index (χ3v) is 4.04. The van der Waals surface area contributed by atoms with Gasteiger partial charge in [0.05, 0.1) is 6.10 Å². The van der Waals surface area contributed by atoms with E-state index >= 15 is 0 Å². The van der Waals surface area contributed by atoms with Crippen molar-refractivity contribution in [3.63, 3.8) is 0 Å². The topological polar surface area (TPSA) is 9.23 Å². The fourth-order valence-corrected chi connectivity index (χ4v) is 2.76. The smallest absolute Gasteiger partial charge is 0.0868 e. The summed E-state index contributed by atoms with van der Waals surface area (Å²) in [6.07, 6.45) is 2.13. The highest BCUT2D eigenvalue weighted by Gasteiger charge is 2.34. The maximum Gasteiger partial charge on any atom is 0.0868 e. The summed E-state index contributed by atoms with van der Waals surface area (Å²) in [6, 6.07) is 7.89. The number of benzene rings is 1. The van der Waals surface area contributed by atoms with Crippen LogP contribution in [0.5, 0.6) is 0 Å². The summed E-state index contributed by atoms with van der Waals surface area (Å²) < 4.78 is 5.79. The van der Waals surface area contributed by atoms with E-state index in [-0.39, 0.29) is 11.5 Å². The Morgan fingerprint density at radius 2 is 2.31 bits per heavy atom. The molecule has 0 radical (unpaired) electrons. The molecule has 2 rings (SSSR count). The molecule has 3 heteroatoms. The lowest BCUT2D eigenvalue weighted by atomic mass is 9.91. The van der Waals surface area contributed by atoms with Crippen LogP contribution in [0, 0.1) is 5.92 Å². The summed E-state index contributed by atoms with van der Waals surface area (Å²) in [6.45, 7) is 2.91. The molecule has 1 aromatic rings. The monoisotopic (exact) mass is 258 g/mol. The molecule has 16 heavy (non-hydrogen) atoms. The molecule has 1 unspecified atom stereocenters. The van der Waals surface area contributed by atoms with Crippen molar-refractivity contribution in [2.45, 2.75) is 31.2 Å². The summed E-state index contributed by atoms with van der Waals surface area (Å²) >= 11 is 12.3. The first kappa shape index (κ1) is 12.2. The maximum absolute atomic E-state index is 6.34. The van der Waals surface area contributed by atoms with Gasteiger partial charge in [-0.1, -0.05) is 30.7 Å². The van der Waals surface area contributed by atoms with E-state index in [9.17, 15) is 0 Å². The lowest BCUT2D eigenvalue weighted by Crippen LogP contribution is -2.18. The molecule has 1 aromatic carbocycles. The number of halogens is 2. The maximum atomic E-state index is 6.34. The highest BCUT2D eigenvalue weighted by atomic mass is 35.5. The Kier molecular flexibility index (Phi) is 4.12. The Balaban J connectivity index is 2.19. The fourth-order valence-electron chi connectivity index (χ4n) is 2.31. The van der Waals surface area contributed by atoms with E-state index in [1.165, 1.54) is 0 Å². The molecule has 0 saturated carbocycles. The molecule has 1 fully saturated rings. The van der Waals surface area contributed by atoms with Crippen LogP contribution in [0.15, 0.2) is 24.3 Å². The van der Waals surface area contributed by atoms with Gasteiger partial charge in [0.25, 0.3) is 0 Å². The Hall–Kier alpha value is -0.240. The lowest BCUT2D eigenvalue weighted by molar-refractivity contribution is 0.0894. The zero-order valence-corrected chi connectivity index (χ0v) is 10.8. The minimum atomic E-state index is 0.112. The second-order valence-corrected chi connectivity index (χ2v) is 5.22. The van der Waals surface area contributed by atoms with Crippen LogP contribution in [-0.2, 0) is 4.74 Å². The molecule has 1 aliphatic heterocycles. The highest BCUT2D eigenvalue weighted by molar-refractivity contribution is 6.30. The number of ether oxygens (including phenoxy) is 1. The molecule has 1 nitrogen and oxygen atoms in total. The van der Waals surface area contributed by atoms with Gasteiger partial charge in [0.15, 0.2) is 0 Å². The molecule has 0 aromatic heterocycles. The van der Waals surface area contributed by atoms with Crippen LogP contribution >= 0.6 is 23.2 Å². The van der Waals surface area contributed by atoms with Gasteiger partial charge < -0.3 is 4.74 Å². The van der Waals surface area contributed by atoms with Gasteiger partial charge in [-0.15, -0.1) is 11.6 Å². The Labute approximate surface area is 107 Å². The third-order valence-electron chi connectivity index (χ3n) is 3.17. The quantitative estimate of drug-likeness (QED) is 0.729. The van der Waals surface area contributed by atoms with Gasteiger partial charge in [0.1, 0.15) is 0 Å². The normalized spacial score (nSPS) is 26.9. The minimum absolute atomic E-state index is 0.112. The van der Waals surface area contributed by atoms with Gasteiger partial charge >= 0.3 is 0 Å². The summed E-state index contributed by atoms with van der Waals surface area (Å²) in [5, 5.41) is 0.945. The average molecular weight is 259 g/mol. The van der Waals surface area contributed by atoms with Gasteiger partial charge in [0, 0.05) is 22.9 Å². The van der Waals surface area contributed by atoms with E-state index in [1.807, 2.05) is 18.2 Å². The molecular formula is C13H16Cl2O. The van der Waals surface area contributed by atoms with Crippen molar-refractivity contribution in [1.29, 1.82) is 0 Å². The first-order valence-corrected chi connectivity index (χ1v) is 6.55. The number of hydrogen-bond donors (Lipinski definition) is 0. The molecule has 1 aliphatic rings. The Morgan fingerprint density at radius 1 is 1.50 bits per heavy atom. The number of rotatable bonds is 3. The van der Waals surface area contributed by atoms with Gasteiger partial charge in [-0.25, -0.2) is 0 Å². The molecule has 1 saturated heterocycles. The van der Waals surface area contributed by atoms with Gasteiger partial charge in [0.2, 0.25) is 0 Å². The first-order valence-electron chi connectivity index (χ1n) is 5.73. The zero-order valence-electron chi connectivity index (χ0n) is 9.33. The van der Waals surface area contributed by atoms with Gasteiger partial charge in [-0.05, 0) is 30.5 Å². The first-order chi connectivity index (χ1) is 7.72. The van der Waals surface area contributed by atoms with E-state index in [0.717, 1.165) is 30.0 Å². The summed E-state index contributed by atoms with van der Waals surface area (Å²) in [5.41, 5.74) is 1.15. The van der Waals surface area contributed by atoms with Gasteiger partial charge in [-0.3, -0.25) is 0 Å². The molecule has 0 spiro atoms. The SMILES string of the molecule is CCC(Cl)[C@@H]1CCO[C@@H]1c1cccc(Cl)c1. The molecule has 0 aliphatic carbocycles. The third kappa shape index (κ3) is 2.53. The van der Waals surface area contributed by atoms with Crippen molar-refractivity contribution in [1.82, 2.24) is 0 Å². The predicted molar refractivity (Wildman–Crippen MR) is 68.2 cm³/mol. The Morgan fingerprint density at radius 3 is 3.00 bits per heavy atom. The molecule has 88 valence electrons. The van der Waals surface area contributed by atoms with E-state index in [2.05, 4.69) is 13.0 Å². The largest absolute Gasteiger partial charge is 0.373 e. The number of alkyl halides is 1. The molecule has 0 bridgehead atoms. The van der Waals surface area contributed by atoms with Crippen molar-refractivity contribution >= 4 is 23.2 Å². The predicted octanol–water partition coefficient (Wildman–Crippen LogP) is 4.44. The summed E-state index contributed by atoms with van der Waals surface area (Å²) in [7, 11) is 0. The van der Waals surface area contributed by atoms with Gasteiger partial charge in [-0.2, -0.15) is 0 Å². The van der Waals surface area contributed by atoms with E-state index in [0.29, 0.717) is 5.92 Å². The second kappa shape index (κ2) is 5.39. The van der Waals surface area contributed by atoms with Crippen molar-refractivity contribution in [3.8, 4) is 0 Å². The molecule has 1 heterocycles. The molecule has 0 N–H and O–H groups in total. The molecular weight excluding hydrogens is 243 g/mol. The van der Waals surface area contributed by atoms with Crippen LogP contribution in [0.25, 0.3) is 0 Å². The van der Waals surface area contributed by atoms with Crippen LogP contribution < -0.4 is 0 Å². The molecule has 0 amide bonds. The molecule has 3 atom stereocenters. The Bertz CT molecular complexity index is 354. The van der Waals surface area contributed by atoms with Crippen molar-refractivity contribution in [2.75, 3.05) is 6.61 Å². The van der Waals surface area contributed by atoms with Crippen LogP contribution in [0.1, 0.15) is 31.4 Å². The second-order valence-electron chi connectivity index (χ2n) is 4.22. The summed E-state index contributed by atoms with van der Waals surface area (Å²) in [5.74, 6) is 0.408.